The maximum atomic E-state index is 12.4. The fourth-order valence-electron chi connectivity index (χ4n) is 3.20. The summed E-state index contributed by atoms with van der Waals surface area (Å²) in [5.41, 5.74) is 1.92. The number of pyridine rings is 1. The van der Waals surface area contributed by atoms with E-state index in [1.54, 1.807) is 12.3 Å². The zero-order valence-corrected chi connectivity index (χ0v) is 14.5. The second kappa shape index (κ2) is 7.58. The number of para-hydroxylation sites is 1. The molecule has 0 bridgehead atoms. The third-order valence-electron chi connectivity index (χ3n) is 4.38. The molecule has 1 aliphatic rings. The molecule has 1 amide bonds. The number of fused-ring (bicyclic) bond motifs is 1. The average Bonchev–Trinajstić information content (AvgIpc) is 2.59. The van der Waals surface area contributed by atoms with Crippen LogP contribution >= 0.6 is 0 Å². The number of aromatic nitrogens is 1. The van der Waals surface area contributed by atoms with E-state index in [0.717, 1.165) is 49.2 Å². The van der Waals surface area contributed by atoms with Crippen LogP contribution in [0.15, 0.2) is 42.6 Å². The van der Waals surface area contributed by atoms with Crippen molar-refractivity contribution in [1.29, 1.82) is 0 Å². The van der Waals surface area contributed by atoms with Gasteiger partial charge in [-0.15, -0.1) is 0 Å². The van der Waals surface area contributed by atoms with Gasteiger partial charge in [-0.3, -0.25) is 14.7 Å². The van der Waals surface area contributed by atoms with Crippen LogP contribution in [0.4, 0.5) is 0 Å². The Morgan fingerprint density at radius 2 is 1.92 bits per heavy atom. The van der Waals surface area contributed by atoms with E-state index in [1.807, 2.05) is 41.3 Å². The van der Waals surface area contributed by atoms with E-state index >= 15 is 0 Å². The molecular weight excluding hydrogens is 298 g/mol. The van der Waals surface area contributed by atoms with Gasteiger partial charge in [-0.1, -0.05) is 38.1 Å². The van der Waals surface area contributed by atoms with Crippen molar-refractivity contribution in [2.24, 2.45) is 5.92 Å². The lowest BCUT2D eigenvalue weighted by Gasteiger charge is -2.35. The highest BCUT2D eigenvalue weighted by molar-refractivity contribution is 5.95. The highest BCUT2D eigenvalue weighted by Gasteiger charge is 2.19. The van der Waals surface area contributed by atoms with Gasteiger partial charge in [-0.05, 0) is 18.1 Å². The zero-order valence-electron chi connectivity index (χ0n) is 14.5. The Kier molecular flexibility index (Phi) is 5.26. The molecule has 0 spiro atoms. The molecule has 0 atom stereocenters. The summed E-state index contributed by atoms with van der Waals surface area (Å²) in [6, 6.07) is 10.0. The molecule has 0 N–H and O–H groups in total. The molecule has 2 aromatic rings. The van der Waals surface area contributed by atoms with E-state index < -0.39 is 0 Å². The van der Waals surface area contributed by atoms with E-state index in [2.05, 4.69) is 23.7 Å². The molecule has 0 radical (unpaired) electrons. The molecule has 0 saturated carbocycles. The Balaban J connectivity index is 1.63. The molecular formula is C20H25N3O. The Morgan fingerprint density at radius 1 is 1.17 bits per heavy atom. The Hall–Kier alpha value is -2.20. The largest absolute Gasteiger partial charge is 0.337 e. The molecule has 1 aromatic carbocycles. The van der Waals surface area contributed by atoms with Gasteiger partial charge in [0.2, 0.25) is 5.91 Å². The third-order valence-corrected chi connectivity index (χ3v) is 4.38. The van der Waals surface area contributed by atoms with Gasteiger partial charge in [0.05, 0.1) is 5.52 Å². The molecule has 2 heterocycles. The van der Waals surface area contributed by atoms with Gasteiger partial charge in [-0.25, -0.2) is 0 Å². The summed E-state index contributed by atoms with van der Waals surface area (Å²) in [5, 5.41) is 1.09. The minimum absolute atomic E-state index is 0.0899. The predicted octanol–water partition coefficient (Wildman–Crippen LogP) is 3.05. The van der Waals surface area contributed by atoms with Crippen molar-refractivity contribution < 1.29 is 4.79 Å². The maximum absolute atomic E-state index is 12.4. The summed E-state index contributed by atoms with van der Waals surface area (Å²) in [5.74, 6) is 0.762. The van der Waals surface area contributed by atoms with Crippen LogP contribution in [0.3, 0.4) is 0 Å². The number of carbonyl (C=O) groups excluding carboxylic acids is 1. The van der Waals surface area contributed by atoms with Crippen molar-refractivity contribution in [3.8, 4) is 0 Å². The number of benzene rings is 1. The van der Waals surface area contributed by atoms with Crippen LogP contribution in [0.25, 0.3) is 17.0 Å². The summed E-state index contributed by atoms with van der Waals surface area (Å²) in [6.07, 6.45) is 5.36. The molecule has 4 heteroatoms. The van der Waals surface area contributed by atoms with Crippen LogP contribution in [0.2, 0.25) is 0 Å². The molecule has 1 fully saturated rings. The van der Waals surface area contributed by atoms with Crippen LogP contribution in [-0.2, 0) is 4.79 Å². The zero-order chi connectivity index (χ0) is 16.9. The third kappa shape index (κ3) is 4.01. The number of nitrogens with zero attached hydrogens (tertiary/aromatic N) is 3. The number of rotatable bonds is 4. The number of hydrogen-bond acceptors (Lipinski definition) is 3. The van der Waals surface area contributed by atoms with Gasteiger partial charge >= 0.3 is 0 Å². The molecule has 4 nitrogen and oxygen atoms in total. The smallest absolute Gasteiger partial charge is 0.246 e. The van der Waals surface area contributed by atoms with Gasteiger partial charge < -0.3 is 4.90 Å². The summed E-state index contributed by atoms with van der Waals surface area (Å²) < 4.78 is 0. The monoisotopic (exact) mass is 323 g/mol. The SMILES string of the molecule is CC(C)CN1CCN(C(=O)/C=C/c2cccc3cccnc23)CC1. The molecule has 1 aromatic heterocycles. The van der Waals surface area contributed by atoms with Crippen molar-refractivity contribution in [2.75, 3.05) is 32.7 Å². The fourth-order valence-corrected chi connectivity index (χ4v) is 3.20. The van der Waals surface area contributed by atoms with Crippen molar-refractivity contribution in [3.63, 3.8) is 0 Å². The normalized spacial score (nSPS) is 16.4. The van der Waals surface area contributed by atoms with E-state index in [-0.39, 0.29) is 5.91 Å². The molecule has 1 saturated heterocycles. The number of amides is 1. The highest BCUT2D eigenvalue weighted by atomic mass is 16.2. The van der Waals surface area contributed by atoms with Crippen molar-refractivity contribution >= 4 is 22.9 Å². The topological polar surface area (TPSA) is 36.4 Å². The van der Waals surface area contributed by atoms with E-state index in [9.17, 15) is 4.79 Å². The molecule has 0 unspecified atom stereocenters. The molecule has 0 aliphatic carbocycles. The number of piperazine rings is 1. The second-order valence-electron chi connectivity index (χ2n) is 6.78. The Morgan fingerprint density at radius 3 is 2.67 bits per heavy atom. The summed E-state index contributed by atoms with van der Waals surface area (Å²) >= 11 is 0. The first-order valence-electron chi connectivity index (χ1n) is 8.66. The second-order valence-corrected chi connectivity index (χ2v) is 6.78. The highest BCUT2D eigenvalue weighted by Crippen LogP contribution is 2.17. The van der Waals surface area contributed by atoms with Crippen LogP contribution < -0.4 is 0 Å². The first-order chi connectivity index (χ1) is 11.6. The minimum atomic E-state index is 0.0899. The summed E-state index contributed by atoms with van der Waals surface area (Å²) in [6.45, 7) is 9.13. The number of hydrogen-bond donors (Lipinski definition) is 0. The van der Waals surface area contributed by atoms with Gasteiger partial charge in [0.1, 0.15) is 0 Å². The molecule has 24 heavy (non-hydrogen) atoms. The van der Waals surface area contributed by atoms with E-state index in [1.165, 1.54) is 0 Å². The van der Waals surface area contributed by atoms with Gasteiger partial charge in [-0.2, -0.15) is 0 Å². The molecule has 126 valence electrons. The predicted molar refractivity (Wildman–Crippen MR) is 98.6 cm³/mol. The number of carbonyl (C=O) groups is 1. The summed E-state index contributed by atoms with van der Waals surface area (Å²) in [7, 11) is 0. The lowest BCUT2D eigenvalue weighted by molar-refractivity contribution is -0.127. The van der Waals surface area contributed by atoms with Crippen LogP contribution in [0.1, 0.15) is 19.4 Å². The minimum Gasteiger partial charge on any atom is -0.337 e. The standard InChI is InChI=1S/C20H25N3O/c1-16(2)15-22-11-13-23(14-12-22)19(24)9-8-18-6-3-5-17-7-4-10-21-20(17)18/h3-10,16H,11-15H2,1-2H3/b9-8+. The summed E-state index contributed by atoms with van der Waals surface area (Å²) in [4.78, 5) is 21.2. The van der Waals surface area contributed by atoms with Crippen LogP contribution in [0, 0.1) is 5.92 Å². The van der Waals surface area contributed by atoms with Crippen LogP contribution in [0.5, 0.6) is 0 Å². The Labute approximate surface area is 143 Å². The maximum Gasteiger partial charge on any atom is 0.246 e. The van der Waals surface area contributed by atoms with Crippen molar-refractivity contribution in [2.45, 2.75) is 13.8 Å². The lowest BCUT2D eigenvalue weighted by atomic mass is 10.1. The van der Waals surface area contributed by atoms with E-state index in [4.69, 9.17) is 0 Å². The molecule has 3 rings (SSSR count). The van der Waals surface area contributed by atoms with Crippen LogP contribution in [-0.4, -0.2) is 53.4 Å². The fraction of sp³-hybridized carbons (Fsp3) is 0.400. The average molecular weight is 323 g/mol. The quantitative estimate of drug-likeness (QED) is 0.812. The first-order valence-corrected chi connectivity index (χ1v) is 8.66. The Bertz CT molecular complexity index is 725. The van der Waals surface area contributed by atoms with E-state index in [0.29, 0.717) is 5.92 Å². The van der Waals surface area contributed by atoms with Crippen molar-refractivity contribution in [3.05, 3.63) is 48.2 Å². The van der Waals surface area contributed by atoms with Gasteiger partial charge in [0.15, 0.2) is 0 Å². The van der Waals surface area contributed by atoms with Crippen molar-refractivity contribution in [1.82, 2.24) is 14.8 Å². The molecule has 1 aliphatic heterocycles. The first kappa shape index (κ1) is 16.7. The van der Waals surface area contributed by atoms with Gasteiger partial charge in [0, 0.05) is 55.9 Å². The lowest BCUT2D eigenvalue weighted by Crippen LogP contribution is -2.49. The van der Waals surface area contributed by atoms with Gasteiger partial charge in [0.25, 0.3) is 0 Å².